The second-order valence-corrected chi connectivity index (χ2v) is 6.68. The lowest BCUT2D eigenvalue weighted by molar-refractivity contribution is 0.0996. The van der Waals surface area contributed by atoms with Gasteiger partial charge in [0.1, 0.15) is 11.3 Å². The number of nitrogens with two attached hydrogens (primary N) is 1. The van der Waals surface area contributed by atoms with Crippen molar-refractivity contribution >= 4 is 27.6 Å². The Morgan fingerprint density at radius 1 is 1.33 bits per heavy atom. The quantitative estimate of drug-likeness (QED) is 0.666. The van der Waals surface area contributed by atoms with Gasteiger partial charge in [-0.25, -0.2) is 4.98 Å². The number of nitrogens with zero attached hydrogens (tertiary/aromatic N) is 1. The van der Waals surface area contributed by atoms with Gasteiger partial charge in [-0.3, -0.25) is 4.79 Å². The van der Waals surface area contributed by atoms with Gasteiger partial charge in [-0.15, -0.1) is 11.3 Å². The predicted octanol–water partition coefficient (Wildman–Crippen LogP) is 4.58. The first-order valence-electron chi connectivity index (χ1n) is 7.94. The van der Waals surface area contributed by atoms with Gasteiger partial charge in [0.15, 0.2) is 0 Å². The zero-order chi connectivity index (χ0) is 15.2. The van der Waals surface area contributed by atoms with Gasteiger partial charge < -0.3 is 10.7 Å². The van der Waals surface area contributed by atoms with Crippen molar-refractivity contribution in [3.63, 3.8) is 0 Å². The molecule has 0 aromatic carbocycles. The van der Waals surface area contributed by atoms with Gasteiger partial charge in [-0.2, -0.15) is 0 Å². The van der Waals surface area contributed by atoms with Crippen LogP contribution in [0.2, 0.25) is 0 Å². The number of primary amides is 1. The minimum Gasteiger partial charge on any atom is -0.364 e. The summed E-state index contributed by atoms with van der Waals surface area (Å²) in [5.74, 6) is 0.110. The van der Waals surface area contributed by atoms with E-state index in [0.29, 0.717) is 11.6 Å². The molecule has 0 spiro atoms. The maximum Gasteiger partial charge on any atom is 0.265 e. The Morgan fingerprint density at radius 2 is 2.10 bits per heavy atom. The Bertz CT molecular complexity index is 556. The Hall–Kier alpha value is -1.36. The monoisotopic (exact) mass is 307 g/mol. The number of rotatable bonds is 9. The highest BCUT2D eigenvalue weighted by Crippen LogP contribution is 2.33. The molecule has 4 nitrogen and oxygen atoms in total. The van der Waals surface area contributed by atoms with Gasteiger partial charge in [0.05, 0.1) is 9.71 Å². The van der Waals surface area contributed by atoms with Crippen molar-refractivity contribution in [3.05, 3.63) is 16.8 Å². The van der Waals surface area contributed by atoms with Crippen LogP contribution in [0.4, 0.5) is 0 Å². The number of fused-ring (bicyclic) bond motifs is 1. The highest BCUT2D eigenvalue weighted by molar-refractivity contribution is 7.18. The topological polar surface area (TPSA) is 71.8 Å². The van der Waals surface area contributed by atoms with Crippen molar-refractivity contribution in [1.29, 1.82) is 0 Å². The fourth-order valence-corrected chi connectivity index (χ4v) is 3.82. The van der Waals surface area contributed by atoms with Crippen molar-refractivity contribution < 1.29 is 4.79 Å². The van der Waals surface area contributed by atoms with E-state index in [-0.39, 0.29) is 0 Å². The van der Waals surface area contributed by atoms with Gasteiger partial charge in [0, 0.05) is 5.92 Å². The molecule has 0 aliphatic carbocycles. The van der Waals surface area contributed by atoms with Crippen molar-refractivity contribution in [2.75, 3.05) is 0 Å². The number of unbranched alkanes of at least 4 members (excludes halogenated alkanes) is 4. The summed E-state index contributed by atoms with van der Waals surface area (Å²) in [4.78, 5) is 18.8. The summed E-state index contributed by atoms with van der Waals surface area (Å²) in [5, 5.41) is 1.19. The number of hydrogen-bond acceptors (Lipinski definition) is 3. The summed E-state index contributed by atoms with van der Waals surface area (Å²) < 4.78 is 1.03. The number of H-pyrrole nitrogens is 1. The number of hydrogen-bond donors (Lipinski definition) is 2. The number of aromatic amines is 1. The van der Waals surface area contributed by atoms with E-state index in [9.17, 15) is 4.79 Å². The largest absolute Gasteiger partial charge is 0.364 e. The molecule has 2 aromatic heterocycles. The third-order valence-corrected chi connectivity index (χ3v) is 5.13. The van der Waals surface area contributed by atoms with Crippen LogP contribution in [0, 0.1) is 0 Å². The lowest BCUT2D eigenvalue weighted by Crippen LogP contribution is -2.10. The highest BCUT2D eigenvalue weighted by atomic mass is 32.1. The zero-order valence-electron chi connectivity index (χ0n) is 12.9. The fourth-order valence-electron chi connectivity index (χ4n) is 2.64. The van der Waals surface area contributed by atoms with Gasteiger partial charge >= 0.3 is 0 Å². The number of aromatic nitrogens is 2. The van der Waals surface area contributed by atoms with Crippen LogP contribution >= 0.6 is 11.3 Å². The molecule has 1 atom stereocenters. The first-order valence-corrected chi connectivity index (χ1v) is 8.76. The van der Waals surface area contributed by atoms with Crippen molar-refractivity contribution in [2.24, 2.45) is 5.73 Å². The first kappa shape index (κ1) is 16.0. The molecule has 0 aliphatic heterocycles. The van der Waals surface area contributed by atoms with Crippen molar-refractivity contribution in [2.45, 2.75) is 64.7 Å². The van der Waals surface area contributed by atoms with E-state index in [1.54, 1.807) is 11.3 Å². The van der Waals surface area contributed by atoms with Crippen LogP contribution < -0.4 is 5.73 Å². The maximum absolute atomic E-state index is 11.1. The van der Waals surface area contributed by atoms with Gasteiger partial charge in [0.2, 0.25) is 0 Å². The SMILES string of the molecule is CCCCCCCC(CC)c1nc2[nH]c(C(N)=O)cc2s1. The fraction of sp³-hybridized carbons (Fsp3) is 0.625. The molecule has 1 unspecified atom stereocenters. The summed E-state index contributed by atoms with van der Waals surface area (Å²) in [6.45, 7) is 4.47. The molecule has 5 heteroatoms. The summed E-state index contributed by atoms with van der Waals surface area (Å²) in [7, 11) is 0. The highest BCUT2D eigenvalue weighted by Gasteiger charge is 2.16. The van der Waals surface area contributed by atoms with Crippen LogP contribution in [0.15, 0.2) is 6.07 Å². The van der Waals surface area contributed by atoms with E-state index in [4.69, 9.17) is 5.73 Å². The molecule has 0 bridgehead atoms. The van der Waals surface area contributed by atoms with Gasteiger partial charge in [-0.1, -0.05) is 46.0 Å². The molecule has 0 fully saturated rings. The van der Waals surface area contributed by atoms with E-state index in [1.165, 1.54) is 43.5 Å². The molecular weight excluding hydrogens is 282 g/mol. The van der Waals surface area contributed by atoms with Crippen LogP contribution in [0.25, 0.3) is 10.3 Å². The molecule has 0 saturated heterocycles. The zero-order valence-corrected chi connectivity index (χ0v) is 13.8. The molecule has 2 rings (SSSR count). The van der Waals surface area contributed by atoms with E-state index >= 15 is 0 Å². The van der Waals surface area contributed by atoms with Crippen LogP contribution in [0.1, 0.15) is 80.2 Å². The first-order chi connectivity index (χ1) is 10.2. The molecule has 3 N–H and O–H groups in total. The lowest BCUT2D eigenvalue weighted by atomic mass is 9.99. The van der Waals surface area contributed by atoms with E-state index in [2.05, 4.69) is 23.8 Å². The number of thiazole rings is 1. The second kappa shape index (κ2) is 7.59. The Morgan fingerprint density at radius 3 is 2.71 bits per heavy atom. The average molecular weight is 307 g/mol. The summed E-state index contributed by atoms with van der Waals surface area (Å²) in [6.07, 6.45) is 8.89. The summed E-state index contributed by atoms with van der Waals surface area (Å²) in [6, 6.07) is 1.81. The maximum atomic E-state index is 11.1. The normalized spacial score (nSPS) is 12.9. The molecule has 0 aliphatic rings. The molecule has 21 heavy (non-hydrogen) atoms. The molecule has 2 aromatic rings. The third kappa shape index (κ3) is 4.06. The summed E-state index contributed by atoms with van der Waals surface area (Å²) in [5.41, 5.74) is 6.52. The minimum atomic E-state index is -0.426. The Balaban J connectivity index is 1.97. The predicted molar refractivity (Wildman–Crippen MR) is 88.9 cm³/mol. The van der Waals surface area contributed by atoms with Crippen molar-refractivity contribution in [3.8, 4) is 0 Å². The lowest BCUT2D eigenvalue weighted by Gasteiger charge is -2.11. The summed E-state index contributed by atoms with van der Waals surface area (Å²) >= 11 is 1.69. The number of nitrogens with one attached hydrogen (secondary N) is 1. The molecule has 116 valence electrons. The Kier molecular flexibility index (Phi) is 5.79. The molecule has 0 radical (unpaired) electrons. The number of amides is 1. The Labute approximate surface area is 130 Å². The van der Waals surface area contributed by atoms with Crippen LogP contribution in [0.3, 0.4) is 0 Å². The number of carbonyl (C=O) groups excluding carboxylic acids is 1. The van der Waals surface area contributed by atoms with Crippen molar-refractivity contribution in [1.82, 2.24) is 9.97 Å². The molecule has 0 saturated carbocycles. The molecule has 2 heterocycles. The number of carbonyl (C=O) groups is 1. The van der Waals surface area contributed by atoms with Crippen LogP contribution in [-0.2, 0) is 0 Å². The van der Waals surface area contributed by atoms with E-state index in [1.807, 2.05) is 6.07 Å². The molecule has 1 amide bonds. The minimum absolute atomic E-state index is 0.426. The van der Waals surface area contributed by atoms with Gasteiger partial charge in [-0.05, 0) is 18.9 Å². The molecular formula is C16H25N3OS. The van der Waals surface area contributed by atoms with Gasteiger partial charge in [0.25, 0.3) is 5.91 Å². The standard InChI is InChI=1S/C16H25N3OS/c1-3-5-6-7-8-9-11(4-2)16-19-15-13(21-16)10-12(18-15)14(17)20/h10-11,18H,3-9H2,1-2H3,(H2,17,20). The van der Waals surface area contributed by atoms with E-state index < -0.39 is 5.91 Å². The third-order valence-electron chi connectivity index (χ3n) is 3.96. The second-order valence-electron chi connectivity index (χ2n) is 5.62. The van der Waals surface area contributed by atoms with Crippen LogP contribution in [-0.4, -0.2) is 15.9 Å². The average Bonchev–Trinajstić information content (AvgIpc) is 3.01. The van der Waals surface area contributed by atoms with Crippen LogP contribution in [0.5, 0.6) is 0 Å². The van der Waals surface area contributed by atoms with E-state index in [0.717, 1.165) is 16.8 Å². The smallest absolute Gasteiger partial charge is 0.265 e.